The molecule has 13 heavy (non-hydrogen) atoms. The number of Topliss-reactive ketones (excluding diaryl/α,β-unsaturated/α-hetero) is 1. The van der Waals surface area contributed by atoms with Crippen LogP contribution < -0.4 is 0 Å². The van der Waals surface area contributed by atoms with Crippen LogP contribution in [-0.4, -0.2) is 15.7 Å². The average Bonchev–Trinajstić information content (AvgIpc) is 2.08. The summed E-state index contributed by atoms with van der Waals surface area (Å²) in [6.07, 6.45) is 0. The van der Waals surface area contributed by atoms with Crippen molar-refractivity contribution < 1.29 is 9.90 Å². The largest absolute Gasteiger partial charge is 0.508 e. The third kappa shape index (κ3) is 2.45. The topological polar surface area (TPSA) is 37.3 Å². The van der Waals surface area contributed by atoms with Crippen molar-refractivity contribution in [2.75, 3.05) is 0 Å². The van der Waals surface area contributed by atoms with E-state index in [1.807, 2.05) is 0 Å². The summed E-state index contributed by atoms with van der Waals surface area (Å²) < 4.78 is 0. The summed E-state index contributed by atoms with van der Waals surface area (Å²) in [5, 5.41) is 9.50. The maximum atomic E-state index is 11.5. The Hall–Kier alpha value is -0.540. The van der Waals surface area contributed by atoms with Crippen molar-refractivity contribution in [3.05, 3.63) is 28.8 Å². The number of phenols is 1. The van der Waals surface area contributed by atoms with Crippen molar-refractivity contribution in [3.8, 4) is 5.75 Å². The molecule has 0 saturated heterocycles. The average molecular weight is 264 g/mol. The van der Waals surface area contributed by atoms with Crippen molar-refractivity contribution >= 4 is 33.3 Å². The molecule has 0 aliphatic heterocycles. The van der Waals surface area contributed by atoms with Gasteiger partial charge >= 0.3 is 0 Å². The highest BCUT2D eigenvalue weighted by Crippen LogP contribution is 2.23. The van der Waals surface area contributed by atoms with Gasteiger partial charge in [-0.25, -0.2) is 0 Å². The fraction of sp³-hybridized carbons (Fsp3) is 0.222. The van der Waals surface area contributed by atoms with E-state index in [9.17, 15) is 4.79 Å². The Kier molecular flexibility index (Phi) is 3.33. The Bertz CT molecular complexity index is 336. The highest BCUT2D eigenvalue weighted by Gasteiger charge is 2.15. The molecule has 0 radical (unpaired) electrons. The monoisotopic (exact) mass is 262 g/mol. The SMILES string of the molecule is CC(Br)C(=O)c1cc(O)ccc1Cl. The first kappa shape index (κ1) is 10.5. The van der Waals surface area contributed by atoms with Crippen LogP contribution in [0.1, 0.15) is 17.3 Å². The molecule has 1 rings (SSSR count). The minimum absolute atomic E-state index is 0.0425. The molecule has 0 aromatic heterocycles. The predicted molar refractivity (Wildman–Crippen MR) is 55.8 cm³/mol. The molecule has 0 spiro atoms. The van der Waals surface area contributed by atoms with E-state index in [1.54, 1.807) is 6.92 Å². The fourth-order valence-electron chi connectivity index (χ4n) is 0.916. The molecule has 1 atom stereocenters. The summed E-state index contributed by atoms with van der Waals surface area (Å²) in [5.74, 6) is -0.0956. The Labute approximate surface area is 89.7 Å². The summed E-state index contributed by atoms with van der Waals surface area (Å²) in [6, 6.07) is 4.31. The van der Waals surface area contributed by atoms with Gasteiger partial charge in [0.1, 0.15) is 5.75 Å². The molecular formula is C9H8BrClO2. The lowest BCUT2D eigenvalue weighted by Gasteiger charge is -2.05. The van der Waals surface area contributed by atoms with E-state index in [4.69, 9.17) is 16.7 Å². The van der Waals surface area contributed by atoms with Crippen LogP contribution in [0.5, 0.6) is 5.75 Å². The number of rotatable bonds is 2. The van der Waals surface area contributed by atoms with Crippen molar-refractivity contribution in [1.29, 1.82) is 0 Å². The molecule has 0 saturated carbocycles. The number of halogens is 2. The lowest BCUT2D eigenvalue weighted by atomic mass is 10.1. The number of hydrogen-bond acceptors (Lipinski definition) is 2. The van der Waals surface area contributed by atoms with Crippen LogP contribution in [0.2, 0.25) is 5.02 Å². The van der Waals surface area contributed by atoms with E-state index in [0.29, 0.717) is 10.6 Å². The zero-order chi connectivity index (χ0) is 10.0. The standard InChI is InChI=1S/C9H8BrClO2/c1-5(10)9(13)7-4-6(12)2-3-8(7)11/h2-5,12H,1H3. The van der Waals surface area contributed by atoms with Gasteiger partial charge in [-0.15, -0.1) is 0 Å². The molecule has 0 aliphatic rings. The van der Waals surface area contributed by atoms with Crippen molar-refractivity contribution in [1.82, 2.24) is 0 Å². The zero-order valence-electron chi connectivity index (χ0n) is 6.92. The third-order valence-electron chi connectivity index (χ3n) is 1.58. The van der Waals surface area contributed by atoms with Crippen LogP contribution in [0, 0.1) is 0 Å². The van der Waals surface area contributed by atoms with E-state index in [1.165, 1.54) is 18.2 Å². The zero-order valence-corrected chi connectivity index (χ0v) is 9.26. The molecule has 0 heterocycles. The Morgan fingerprint density at radius 1 is 1.62 bits per heavy atom. The van der Waals surface area contributed by atoms with Crippen molar-refractivity contribution in [2.24, 2.45) is 0 Å². The predicted octanol–water partition coefficient (Wildman–Crippen LogP) is 3.01. The van der Waals surface area contributed by atoms with Gasteiger partial charge < -0.3 is 5.11 Å². The number of hydrogen-bond donors (Lipinski definition) is 1. The number of benzene rings is 1. The van der Waals surface area contributed by atoms with Gasteiger partial charge in [0.05, 0.1) is 9.85 Å². The summed E-state index contributed by atoms with van der Waals surface area (Å²) >= 11 is 8.93. The fourth-order valence-corrected chi connectivity index (χ4v) is 1.37. The first-order chi connectivity index (χ1) is 6.02. The second-order valence-corrected chi connectivity index (χ2v) is 4.43. The molecule has 0 bridgehead atoms. The smallest absolute Gasteiger partial charge is 0.177 e. The van der Waals surface area contributed by atoms with Crippen LogP contribution >= 0.6 is 27.5 Å². The lowest BCUT2D eigenvalue weighted by molar-refractivity contribution is 0.0995. The minimum atomic E-state index is -0.299. The molecule has 0 amide bonds. The van der Waals surface area contributed by atoms with E-state index in [0.717, 1.165) is 0 Å². The quantitative estimate of drug-likeness (QED) is 0.658. The highest BCUT2D eigenvalue weighted by atomic mass is 79.9. The Morgan fingerprint density at radius 3 is 2.77 bits per heavy atom. The van der Waals surface area contributed by atoms with Crippen molar-refractivity contribution in [3.63, 3.8) is 0 Å². The van der Waals surface area contributed by atoms with Crippen LogP contribution in [0.15, 0.2) is 18.2 Å². The molecule has 1 aromatic carbocycles. The van der Waals surface area contributed by atoms with Gasteiger partial charge in [0.15, 0.2) is 5.78 Å². The second-order valence-electron chi connectivity index (χ2n) is 2.64. The molecule has 1 unspecified atom stereocenters. The minimum Gasteiger partial charge on any atom is -0.508 e. The molecule has 0 fully saturated rings. The van der Waals surface area contributed by atoms with Gasteiger partial charge in [0.2, 0.25) is 0 Å². The molecular weight excluding hydrogens is 255 g/mol. The molecule has 4 heteroatoms. The summed E-state index contributed by atoms with van der Waals surface area (Å²) in [5.41, 5.74) is 0.339. The maximum absolute atomic E-state index is 11.5. The molecule has 2 nitrogen and oxygen atoms in total. The van der Waals surface area contributed by atoms with Crippen LogP contribution in [0.25, 0.3) is 0 Å². The first-order valence-electron chi connectivity index (χ1n) is 3.69. The third-order valence-corrected chi connectivity index (χ3v) is 2.32. The summed E-state index contributed by atoms with van der Waals surface area (Å²) in [6.45, 7) is 1.71. The van der Waals surface area contributed by atoms with Gasteiger partial charge in [-0.05, 0) is 25.1 Å². The van der Waals surface area contributed by atoms with E-state index in [2.05, 4.69) is 15.9 Å². The number of carbonyl (C=O) groups excluding carboxylic acids is 1. The van der Waals surface area contributed by atoms with Gasteiger partial charge in [0.25, 0.3) is 0 Å². The lowest BCUT2D eigenvalue weighted by Crippen LogP contribution is -2.10. The van der Waals surface area contributed by atoms with Crippen molar-refractivity contribution in [2.45, 2.75) is 11.8 Å². The maximum Gasteiger partial charge on any atom is 0.177 e. The van der Waals surface area contributed by atoms with Gasteiger partial charge in [-0.2, -0.15) is 0 Å². The van der Waals surface area contributed by atoms with Crippen LogP contribution in [-0.2, 0) is 0 Å². The van der Waals surface area contributed by atoms with Gasteiger partial charge in [-0.1, -0.05) is 27.5 Å². The highest BCUT2D eigenvalue weighted by molar-refractivity contribution is 9.10. The van der Waals surface area contributed by atoms with Gasteiger partial charge in [0, 0.05) is 5.56 Å². The number of carbonyl (C=O) groups is 1. The normalized spacial score (nSPS) is 12.5. The van der Waals surface area contributed by atoms with Crippen LogP contribution in [0.4, 0.5) is 0 Å². The Balaban J connectivity index is 3.13. The number of ketones is 1. The first-order valence-corrected chi connectivity index (χ1v) is 4.98. The van der Waals surface area contributed by atoms with Gasteiger partial charge in [-0.3, -0.25) is 4.79 Å². The van der Waals surface area contributed by atoms with E-state index >= 15 is 0 Å². The molecule has 0 aliphatic carbocycles. The molecule has 1 N–H and O–H groups in total. The molecule has 1 aromatic rings. The molecule has 70 valence electrons. The van der Waals surface area contributed by atoms with E-state index in [-0.39, 0.29) is 16.4 Å². The second kappa shape index (κ2) is 4.11. The van der Waals surface area contributed by atoms with Crippen LogP contribution in [0.3, 0.4) is 0 Å². The number of aromatic hydroxyl groups is 1. The Morgan fingerprint density at radius 2 is 2.23 bits per heavy atom. The number of alkyl halides is 1. The summed E-state index contributed by atoms with van der Waals surface area (Å²) in [7, 11) is 0. The summed E-state index contributed by atoms with van der Waals surface area (Å²) in [4.78, 5) is 11.2. The van der Waals surface area contributed by atoms with E-state index < -0.39 is 0 Å². The number of phenolic OH excluding ortho intramolecular Hbond substituents is 1.